The van der Waals surface area contributed by atoms with E-state index in [1.54, 1.807) is 13.4 Å². The maximum absolute atomic E-state index is 5.79. The van der Waals surface area contributed by atoms with Gasteiger partial charge in [-0.25, -0.2) is 15.0 Å². The third-order valence-electron chi connectivity index (χ3n) is 5.93. The van der Waals surface area contributed by atoms with Crippen molar-refractivity contribution in [3.63, 3.8) is 0 Å². The summed E-state index contributed by atoms with van der Waals surface area (Å²) >= 11 is 0. The molecule has 0 aliphatic rings. The smallest absolute Gasteiger partial charge is 0.152 e. The third-order valence-corrected chi connectivity index (χ3v) is 5.93. The highest BCUT2D eigenvalue weighted by Gasteiger charge is 2.21. The van der Waals surface area contributed by atoms with Gasteiger partial charge in [0.15, 0.2) is 5.82 Å². The van der Waals surface area contributed by atoms with E-state index in [1.165, 1.54) is 0 Å². The molecule has 0 spiro atoms. The lowest BCUT2D eigenvalue weighted by Crippen LogP contribution is -2.01. The van der Waals surface area contributed by atoms with E-state index in [2.05, 4.69) is 30.7 Å². The lowest BCUT2D eigenvalue weighted by molar-refractivity contribution is 0.393. The molecule has 6 aromatic rings. The summed E-state index contributed by atoms with van der Waals surface area (Å²) in [6.07, 6.45) is 1.58. The molecular formula is C24H20N6O2. The number of benzene rings is 2. The van der Waals surface area contributed by atoms with Crippen LogP contribution in [0.25, 0.3) is 49.9 Å². The number of rotatable bonds is 3. The first-order chi connectivity index (χ1) is 15.6. The second kappa shape index (κ2) is 6.65. The summed E-state index contributed by atoms with van der Waals surface area (Å²) < 4.78 is 13.3. The van der Waals surface area contributed by atoms with Crippen molar-refractivity contribution in [1.29, 1.82) is 0 Å². The van der Waals surface area contributed by atoms with E-state index in [-0.39, 0.29) is 0 Å². The zero-order valence-electron chi connectivity index (χ0n) is 18.1. The van der Waals surface area contributed by atoms with Gasteiger partial charge >= 0.3 is 0 Å². The highest BCUT2D eigenvalue weighted by Crippen LogP contribution is 2.40. The van der Waals surface area contributed by atoms with Crippen LogP contribution in [0.1, 0.15) is 17.3 Å². The van der Waals surface area contributed by atoms with E-state index in [1.807, 2.05) is 51.1 Å². The fourth-order valence-corrected chi connectivity index (χ4v) is 4.55. The Labute approximate surface area is 182 Å². The number of nitrogens with zero attached hydrogens (tertiary/aromatic N) is 5. The number of hydrogen-bond donors (Lipinski definition) is 1. The molecule has 0 amide bonds. The largest absolute Gasteiger partial charge is 0.496 e. The van der Waals surface area contributed by atoms with Gasteiger partial charge in [-0.3, -0.25) is 4.57 Å². The molecule has 0 radical (unpaired) electrons. The molecule has 8 nitrogen and oxygen atoms in total. The Morgan fingerprint density at radius 1 is 1.06 bits per heavy atom. The molecule has 0 aliphatic carbocycles. The molecule has 32 heavy (non-hydrogen) atoms. The zero-order chi connectivity index (χ0) is 22.0. The normalized spacial score (nSPS) is 11.8. The summed E-state index contributed by atoms with van der Waals surface area (Å²) in [5.41, 5.74) is 6.28. The highest BCUT2D eigenvalue weighted by atomic mass is 16.5. The maximum Gasteiger partial charge on any atom is 0.152 e. The molecule has 8 heteroatoms. The molecular weight excluding hydrogens is 404 g/mol. The summed E-state index contributed by atoms with van der Waals surface area (Å²) in [5.74, 6) is 3.12. The number of nitrogens with one attached hydrogen (secondary N) is 1. The number of imidazole rings is 1. The topological polar surface area (TPSA) is 94.7 Å². The van der Waals surface area contributed by atoms with Crippen LogP contribution in [0.4, 0.5) is 0 Å². The quantitative estimate of drug-likeness (QED) is 0.428. The highest BCUT2D eigenvalue weighted by molar-refractivity contribution is 6.11. The second-order valence-electron chi connectivity index (χ2n) is 7.83. The summed E-state index contributed by atoms with van der Waals surface area (Å²) in [7, 11) is 1.67. The number of H-pyrrole nitrogens is 1. The van der Waals surface area contributed by atoms with E-state index in [9.17, 15) is 0 Å². The number of aromatic nitrogens is 6. The number of para-hydroxylation sites is 2. The number of aryl methyl sites for hydroxylation is 3. The van der Waals surface area contributed by atoms with Crippen LogP contribution in [-0.2, 0) is 0 Å². The fraction of sp³-hybridized carbons (Fsp3) is 0.167. The molecule has 0 atom stereocenters. The van der Waals surface area contributed by atoms with Crippen molar-refractivity contribution in [2.24, 2.45) is 0 Å². The van der Waals surface area contributed by atoms with Gasteiger partial charge in [-0.1, -0.05) is 17.3 Å². The van der Waals surface area contributed by atoms with Crippen LogP contribution in [0.2, 0.25) is 0 Å². The summed E-state index contributed by atoms with van der Waals surface area (Å²) in [6, 6.07) is 12.1. The molecule has 0 saturated heterocycles. The molecule has 0 unspecified atom stereocenters. The van der Waals surface area contributed by atoms with Crippen molar-refractivity contribution < 1.29 is 9.26 Å². The number of aromatic amines is 1. The average molecular weight is 424 g/mol. The van der Waals surface area contributed by atoms with Crippen molar-refractivity contribution in [3.05, 3.63) is 60.0 Å². The summed E-state index contributed by atoms with van der Waals surface area (Å²) in [6.45, 7) is 5.82. The number of fused-ring (bicyclic) bond motifs is 4. The monoisotopic (exact) mass is 424 g/mol. The summed E-state index contributed by atoms with van der Waals surface area (Å²) in [5, 5.41) is 5.99. The van der Waals surface area contributed by atoms with E-state index in [0.29, 0.717) is 0 Å². The number of ether oxygens (including phenoxy) is 1. The van der Waals surface area contributed by atoms with Crippen LogP contribution in [-0.4, -0.2) is 36.8 Å². The molecule has 1 N–H and O–H groups in total. The predicted molar refractivity (Wildman–Crippen MR) is 122 cm³/mol. The van der Waals surface area contributed by atoms with Crippen molar-refractivity contribution >= 4 is 33.0 Å². The van der Waals surface area contributed by atoms with Crippen LogP contribution in [0.5, 0.6) is 5.75 Å². The van der Waals surface area contributed by atoms with Gasteiger partial charge in [-0.05, 0) is 45.0 Å². The Morgan fingerprint density at radius 2 is 1.91 bits per heavy atom. The van der Waals surface area contributed by atoms with E-state index in [4.69, 9.17) is 14.2 Å². The molecule has 6 rings (SSSR count). The van der Waals surface area contributed by atoms with Gasteiger partial charge in [0.25, 0.3) is 0 Å². The second-order valence-corrected chi connectivity index (χ2v) is 7.83. The predicted octanol–water partition coefficient (Wildman–Crippen LogP) is 5.04. The average Bonchev–Trinajstić information content (AvgIpc) is 3.44. The van der Waals surface area contributed by atoms with Crippen molar-refractivity contribution in [1.82, 2.24) is 29.7 Å². The Hall–Kier alpha value is -4.20. The van der Waals surface area contributed by atoms with Crippen LogP contribution in [0, 0.1) is 20.8 Å². The van der Waals surface area contributed by atoms with Crippen LogP contribution >= 0.6 is 0 Å². The molecule has 4 heterocycles. The van der Waals surface area contributed by atoms with Gasteiger partial charge < -0.3 is 14.2 Å². The van der Waals surface area contributed by atoms with Crippen molar-refractivity contribution in [3.8, 4) is 22.7 Å². The van der Waals surface area contributed by atoms with Gasteiger partial charge in [0.1, 0.15) is 29.3 Å². The van der Waals surface area contributed by atoms with E-state index < -0.39 is 0 Å². The van der Waals surface area contributed by atoms with Gasteiger partial charge in [0, 0.05) is 16.5 Å². The molecule has 158 valence electrons. The molecule has 0 aliphatic heterocycles. The Balaban J connectivity index is 1.70. The van der Waals surface area contributed by atoms with Crippen molar-refractivity contribution in [2.45, 2.75) is 20.8 Å². The standard InChI is InChI=1S/C24H20N6O2/c1-12-21(13(2)32-29-12)16-9-18-15(10-20(16)31-4)22-23(28-18)25-11-26-24(22)30-14(3)27-17-7-5-6-8-19(17)30/h5-11H,1-4H3,(H,25,26,28). The first kappa shape index (κ1) is 18.6. The summed E-state index contributed by atoms with van der Waals surface area (Å²) in [4.78, 5) is 17.3. The van der Waals surface area contributed by atoms with Crippen LogP contribution < -0.4 is 4.74 Å². The van der Waals surface area contributed by atoms with E-state index >= 15 is 0 Å². The van der Waals surface area contributed by atoms with Crippen molar-refractivity contribution in [2.75, 3.05) is 7.11 Å². The van der Waals surface area contributed by atoms with E-state index in [0.717, 1.165) is 72.9 Å². The lowest BCUT2D eigenvalue weighted by atomic mass is 10.0. The first-order valence-corrected chi connectivity index (χ1v) is 10.3. The first-order valence-electron chi connectivity index (χ1n) is 10.3. The van der Waals surface area contributed by atoms with Gasteiger partial charge in [0.05, 0.1) is 34.8 Å². The number of methoxy groups -OCH3 is 1. The van der Waals surface area contributed by atoms with Crippen LogP contribution in [0.15, 0.2) is 47.2 Å². The Kier molecular flexibility index (Phi) is 3.86. The SMILES string of the molecule is COc1cc2c(cc1-c1c(C)noc1C)[nH]c1ncnc(-n3c(C)nc4ccccc43)c12. The lowest BCUT2D eigenvalue weighted by Gasteiger charge is -2.10. The van der Waals surface area contributed by atoms with Gasteiger partial charge in [-0.2, -0.15) is 0 Å². The molecule has 0 bridgehead atoms. The zero-order valence-corrected chi connectivity index (χ0v) is 18.1. The maximum atomic E-state index is 5.79. The van der Waals surface area contributed by atoms with Gasteiger partial charge in [-0.15, -0.1) is 0 Å². The minimum Gasteiger partial charge on any atom is -0.496 e. The fourth-order valence-electron chi connectivity index (χ4n) is 4.55. The Bertz CT molecular complexity index is 1640. The molecule has 2 aromatic carbocycles. The molecule has 0 saturated carbocycles. The molecule has 0 fully saturated rings. The minimum absolute atomic E-state index is 0.731. The molecule has 4 aromatic heterocycles. The minimum atomic E-state index is 0.731. The third kappa shape index (κ3) is 2.49. The Morgan fingerprint density at radius 3 is 2.69 bits per heavy atom. The van der Waals surface area contributed by atoms with Crippen LogP contribution in [0.3, 0.4) is 0 Å². The number of hydrogen-bond acceptors (Lipinski definition) is 6. The van der Waals surface area contributed by atoms with Gasteiger partial charge in [0.2, 0.25) is 0 Å².